The van der Waals surface area contributed by atoms with Crippen molar-refractivity contribution in [3.05, 3.63) is 84.2 Å². The monoisotopic (exact) mass is 511 g/mol. The van der Waals surface area contributed by atoms with Gasteiger partial charge in [-0.2, -0.15) is 13.2 Å². The van der Waals surface area contributed by atoms with Gasteiger partial charge in [-0.25, -0.2) is 0 Å². The minimum atomic E-state index is -4.30. The number of benzene rings is 2. The molecule has 2 heterocycles. The van der Waals surface area contributed by atoms with E-state index in [0.29, 0.717) is 36.3 Å². The molecule has 37 heavy (non-hydrogen) atoms. The minimum Gasteiger partial charge on any atom is -0.481 e. The first kappa shape index (κ1) is 26.2. The Kier molecular flexibility index (Phi) is 8.11. The lowest BCUT2D eigenvalue weighted by molar-refractivity contribution is -0.143. The summed E-state index contributed by atoms with van der Waals surface area (Å²) in [5.74, 6) is -1.74. The number of rotatable bonds is 8. The highest BCUT2D eigenvalue weighted by Crippen LogP contribution is 2.30. The molecule has 1 fully saturated rings. The second-order valence-corrected chi connectivity index (χ2v) is 9.19. The van der Waals surface area contributed by atoms with E-state index in [1.807, 2.05) is 36.4 Å². The molecule has 9 heteroatoms. The molecule has 1 amide bonds. The Hall–Kier alpha value is -3.88. The van der Waals surface area contributed by atoms with Gasteiger partial charge in [-0.1, -0.05) is 36.4 Å². The zero-order valence-corrected chi connectivity index (χ0v) is 20.1. The Balaban J connectivity index is 1.47. The van der Waals surface area contributed by atoms with E-state index >= 15 is 0 Å². The zero-order chi connectivity index (χ0) is 26.4. The topological polar surface area (TPSA) is 82.5 Å². The van der Waals surface area contributed by atoms with E-state index in [1.165, 1.54) is 4.90 Å². The van der Waals surface area contributed by atoms with Gasteiger partial charge in [-0.05, 0) is 55.2 Å². The van der Waals surface area contributed by atoms with Gasteiger partial charge in [0.2, 0.25) is 0 Å². The highest BCUT2D eigenvalue weighted by Gasteiger charge is 2.30. The summed E-state index contributed by atoms with van der Waals surface area (Å²) in [5.41, 5.74) is 3.26. The van der Waals surface area contributed by atoms with Crippen LogP contribution in [0, 0.1) is 5.92 Å². The van der Waals surface area contributed by atoms with Crippen LogP contribution in [-0.2, 0) is 4.79 Å². The van der Waals surface area contributed by atoms with Crippen LogP contribution in [0.15, 0.2) is 72.9 Å². The van der Waals surface area contributed by atoms with E-state index < -0.39 is 30.5 Å². The molecule has 194 valence electrons. The number of anilines is 1. The second-order valence-electron chi connectivity index (χ2n) is 9.19. The van der Waals surface area contributed by atoms with E-state index in [2.05, 4.69) is 10.3 Å². The van der Waals surface area contributed by atoms with Gasteiger partial charge < -0.3 is 15.3 Å². The Morgan fingerprint density at radius 3 is 2.38 bits per heavy atom. The maximum atomic E-state index is 13.0. The fourth-order valence-corrected chi connectivity index (χ4v) is 4.47. The van der Waals surface area contributed by atoms with Gasteiger partial charge in [-0.3, -0.25) is 14.6 Å². The van der Waals surface area contributed by atoms with Crippen molar-refractivity contribution in [2.75, 3.05) is 18.4 Å². The molecule has 0 bridgehead atoms. The van der Waals surface area contributed by atoms with Gasteiger partial charge in [0.25, 0.3) is 5.91 Å². The van der Waals surface area contributed by atoms with Crippen molar-refractivity contribution in [2.45, 2.75) is 37.9 Å². The first-order valence-electron chi connectivity index (χ1n) is 12.2. The number of amides is 1. The van der Waals surface area contributed by atoms with Gasteiger partial charge in [0.1, 0.15) is 0 Å². The first-order valence-corrected chi connectivity index (χ1v) is 12.2. The molecule has 1 aliphatic rings. The quantitative estimate of drug-likeness (QED) is 0.377. The van der Waals surface area contributed by atoms with Crippen LogP contribution in [0.2, 0.25) is 0 Å². The van der Waals surface area contributed by atoms with Gasteiger partial charge in [0.15, 0.2) is 0 Å². The summed E-state index contributed by atoms with van der Waals surface area (Å²) < 4.78 is 39.1. The summed E-state index contributed by atoms with van der Waals surface area (Å²) in [6.45, 7) is 0.658. The molecule has 2 atom stereocenters. The molecular formula is C28H28F3N3O3. The molecule has 1 aromatic heterocycles. The molecular weight excluding hydrogens is 483 g/mol. The van der Waals surface area contributed by atoms with Crippen LogP contribution in [-0.4, -0.2) is 46.1 Å². The maximum Gasteiger partial charge on any atom is 0.389 e. The van der Waals surface area contributed by atoms with Crippen molar-refractivity contribution < 1.29 is 27.9 Å². The predicted octanol–water partition coefficient (Wildman–Crippen LogP) is 6.18. The summed E-state index contributed by atoms with van der Waals surface area (Å²) in [5, 5.41) is 12.4. The molecule has 0 radical (unpaired) electrons. The van der Waals surface area contributed by atoms with Crippen molar-refractivity contribution in [1.29, 1.82) is 0 Å². The number of piperidine rings is 1. The predicted molar refractivity (Wildman–Crippen MR) is 134 cm³/mol. The standard InChI is InChI=1S/C28H28F3N3O3/c29-28(30,31)15-14-25(24-13-10-21(17-32-24)19-5-2-1-3-6-19)33-23-11-8-20(9-12-23)26(35)34-16-4-7-22(18-34)27(36)37/h1-3,5-6,8-13,17,22,25,33H,4,7,14-16,18H2,(H,36,37)/t22-,25?/m1/s1. The van der Waals surface area contributed by atoms with Gasteiger partial charge in [0.05, 0.1) is 17.7 Å². The molecule has 1 unspecified atom stereocenters. The lowest BCUT2D eigenvalue weighted by atomic mass is 9.97. The number of hydrogen-bond donors (Lipinski definition) is 2. The molecule has 2 N–H and O–H groups in total. The molecule has 1 aliphatic heterocycles. The Morgan fingerprint density at radius 1 is 1.03 bits per heavy atom. The molecule has 0 spiro atoms. The van der Waals surface area contributed by atoms with E-state index in [1.54, 1.807) is 36.5 Å². The number of nitrogens with one attached hydrogen (secondary N) is 1. The zero-order valence-electron chi connectivity index (χ0n) is 20.1. The van der Waals surface area contributed by atoms with Crippen molar-refractivity contribution in [2.24, 2.45) is 5.92 Å². The minimum absolute atomic E-state index is 0.165. The number of carboxylic acids is 1. The lowest BCUT2D eigenvalue weighted by Gasteiger charge is -2.30. The SMILES string of the molecule is O=C(O)[C@@H]1CCCN(C(=O)c2ccc(NC(CCC(F)(F)F)c3ccc(-c4ccccc4)cn3)cc2)C1. The highest BCUT2D eigenvalue weighted by molar-refractivity contribution is 5.95. The number of carboxylic acid groups (broad SMARTS) is 1. The number of nitrogens with zero attached hydrogens (tertiary/aromatic N) is 2. The summed E-state index contributed by atoms with van der Waals surface area (Å²) in [6, 6.07) is 18.9. The maximum absolute atomic E-state index is 13.0. The third-order valence-corrected chi connectivity index (χ3v) is 6.50. The third-order valence-electron chi connectivity index (χ3n) is 6.50. The van der Waals surface area contributed by atoms with Crippen LogP contribution in [0.3, 0.4) is 0 Å². The number of halogens is 3. The lowest BCUT2D eigenvalue weighted by Crippen LogP contribution is -2.42. The largest absolute Gasteiger partial charge is 0.481 e. The number of hydrogen-bond acceptors (Lipinski definition) is 4. The van der Waals surface area contributed by atoms with E-state index in [0.717, 1.165) is 11.1 Å². The molecule has 4 rings (SSSR count). The molecule has 3 aromatic rings. The molecule has 0 saturated carbocycles. The van der Waals surface area contributed by atoms with E-state index in [9.17, 15) is 27.9 Å². The molecule has 1 saturated heterocycles. The summed E-state index contributed by atoms with van der Waals surface area (Å²) in [7, 11) is 0. The molecule has 0 aliphatic carbocycles. The Morgan fingerprint density at radius 2 is 1.76 bits per heavy atom. The number of carbonyl (C=O) groups excluding carboxylic acids is 1. The van der Waals surface area contributed by atoms with Crippen molar-refractivity contribution in [3.63, 3.8) is 0 Å². The van der Waals surface area contributed by atoms with Crippen LogP contribution >= 0.6 is 0 Å². The van der Waals surface area contributed by atoms with E-state index in [4.69, 9.17) is 0 Å². The van der Waals surface area contributed by atoms with Gasteiger partial charge >= 0.3 is 12.1 Å². The summed E-state index contributed by atoms with van der Waals surface area (Å²) >= 11 is 0. The van der Waals surface area contributed by atoms with Crippen LogP contribution in [0.5, 0.6) is 0 Å². The normalized spacial score (nSPS) is 16.7. The van der Waals surface area contributed by atoms with Crippen molar-refractivity contribution in [1.82, 2.24) is 9.88 Å². The van der Waals surface area contributed by atoms with Crippen LogP contribution in [0.25, 0.3) is 11.1 Å². The number of carbonyl (C=O) groups is 2. The van der Waals surface area contributed by atoms with Crippen LogP contribution < -0.4 is 5.32 Å². The first-order chi connectivity index (χ1) is 17.7. The Labute approximate surface area is 213 Å². The number of likely N-dealkylation sites (tertiary alicyclic amines) is 1. The van der Waals surface area contributed by atoms with Gasteiger partial charge in [0, 0.05) is 42.5 Å². The number of pyridine rings is 1. The number of aromatic nitrogens is 1. The number of aliphatic carboxylic acids is 1. The Bertz CT molecular complexity index is 1200. The third kappa shape index (κ3) is 7.09. The van der Waals surface area contributed by atoms with E-state index in [-0.39, 0.29) is 18.9 Å². The fraction of sp³-hybridized carbons (Fsp3) is 0.321. The number of alkyl halides is 3. The fourth-order valence-electron chi connectivity index (χ4n) is 4.47. The van der Waals surface area contributed by atoms with Crippen LogP contribution in [0.4, 0.5) is 18.9 Å². The highest BCUT2D eigenvalue weighted by atomic mass is 19.4. The summed E-state index contributed by atoms with van der Waals surface area (Å²) in [6.07, 6.45) is -2.66. The second kappa shape index (κ2) is 11.5. The summed E-state index contributed by atoms with van der Waals surface area (Å²) in [4.78, 5) is 30.1. The average molecular weight is 512 g/mol. The van der Waals surface area contributed by atoms with Crippen molar-refractivity contribution >= 4 is 17.6 Å². The van der Waals surface area contributed by atoms with Crippen LogP contribution in [0.1, 0.15) is 47.8 Å². The van der Waals surface area contributed by atoms with Crippen molar-refractivity contribution in [3.8, 4) is 11.1 Å². The molecule has 2 aromatic carbocycles. The molecule has 6 nitrogen and oxygen atoms in total. The average Bonchev–Trinajstić information content (AvgIpc) is 2.91. The van der Waals surface area contributed by atoms with Gasteiger partial charge in [-0.15, -0.1) is 0 Å². The smallest absolute Gasteiger partial charge is 0.389 e.